The molecule has 2 N–H and O–H groups in total. The molecule has 0 saturated heterocycles. The molecule has 10 heteroatoms. The van der Waals surface area contributed by atoms with Gasteiger partial charge in [-0.1, -0.05) is 69.6 Å². The molecule has 294 valence electrons. The maximum Gasteiger partial charge on any atom is 0.312 e. The fourth-order valence-electron chi connectivity index (χ4n) is 8.49. The molecule has 1 fully saturated rings. The molecule has 0 aromatic heterocycles. The summed E-state index contributed by atoms with van der Waals surface area (Å²) >= 11 is 0. The predicted molar refractivity (Wildman–Crippen MR) is 203 cm³/mol. The molecular formula is C42H66O10. The van der Waals surface area contributed by atoms with Gasteiger partial charge in [0, 0.05) is 46.0 Å². The Bertz CT molecular complexity index is 1440. The van der Waals surface area contributed by atoms with Crippen LogP contribution in [0.3, 0.4) is 0 Å². The van der Waals surface area contributed by atoms with Crippen LogP contribution in [-0.2, 0) is 38.2 Å². The Kier molecular flexibility index (Phi) is 17.3. The fourth-order valence-corrected chi connectivity index (χ4v) is 8.49. The zero-order chi connectivity index (χ0) is 40.4. The Balaban J connectivity index is 0.000000397. The lowest BCUT2D eigenvalue weighted by Gasteiger charge is -2.53. The topological polar surface area (TPSA) is 154 Å². The summed E-state index contributed by atoms with van der Waals surface area (Å²) in [4.78, 5) is 60.5. The second-order valence-electron chi connectivity index (χ2n) is 15.0. The summed E-state index contributed by atoms with van der Waals surface area (Å²) < 4.78 is 16.3. The van der Waals surface area contributed by atoms with Gasteiger partial charge in [0.05, 0.1) is 17.9 Å². The Hall–Kier alpha value is -3.21. The molecule has 0 amide bonds. The highest BCUT2D eigenvalue weighted by Crippen LogP contribution is 2.53. The van der Waals surface area contributed by atoms with Crippen LogP contribution in [-0.4, -0.2) is 78.6 Å². The number of carboxylic acids is 2. The van der Waals surface area contributed by atoms with Gasteiger partial charge in [-0.25, -0.2) is 0 Å². The molecule has 0 aromatic carbocycles. The third-order valence-corrected chi connectivity index (χ3v) is 12.0. The Labute approximate surface area is 312 Å². The molecule has 0 bridgehead atoms. The van der Waals surface area contributed by atoms with E-state index < -0.39 is 51.7 Å². The van der Waals surface area contributed by atoms with E-state index in [1.54, 1.807) is 35.0 Å². The molecule has 52 heavy (non-hydrogen) atoms. The van der Waals surface area contributed by atoms with Crippen molar-refractivity contribution < 1.29 is 48.4 Å². The van der Waals surface area contributed by atoms with Gasteiger partial charge >= 0.3 is 11.9 Å². The first-order chi connectivity index (χ1) is 24.1. The summed E-state index contributed by atoms with van der Waals surface area (Å²) in [5, 5.41) is 19.0. The predicted octanol–water partition coefficient (Wildman–Crippen LogP) is 8.14. The highest BCUT2D eigenvalue weighted by Gasteiger charge is 2.66. The molecule has 5 unspecified atom stereocenters. The molecule has 5 atom stereocenters. The minimum absolute atomic E-state index is 0.0932. The molecule has 0 radical (unpaired) electrons. The van der Waals surface area contributed by atoms with E-state index >= 15 is 0 Å². The van der Waals surface area contributed by atoms with Gasteiger partial charge in [-0.3, -0.25) is 24.0 Å². The molecular weight excluding hydrogens is 664 g/mol. The number of methoxy groups -OCH3 is 3. The average molecular weight is 731 g/mol. The number of Topliss-reactive ketones (excluding diaryl/α,β-unsaturated/α-hetero) is 3. The van der Waals surface area contributed by atoms with Crippen LogP contribution in [0.25, 0.3) is 0 Å². The van der Waals surface area contributed by atoms with Crippen LogP contribution in [0, 0.1) is 28.6 Å². The fraction of sp³-hybridized carbons (Fsp3) is 0.690. The minimum atomic E-state index is -1.63. The first-order valence-electron chi connectivity index (χ1n) is 18.5. The van der Waals surface area contributed by atoms with Gasteiger partial charge in [-0.2, -0.15) is 0 Å². The zero-order valence-corrected chi connectivity index (χ0v) is 34.3. The van der Waals surface area contributed by atoms with Crippen molar-refractivity contribution >= 4 is 29.3 Å². The van der Waals surface area contributed by atoms with Crippen molar-refractivity contribution in [2.24, 2.45) is 28.6 Å². The van der Waals surface area contributed by atoms with E-state index in [0.29, 0.717) is 25.2 Å². The largest absolute Gasteiger partial charge is 0.481 e. The number of carbonyl (C=O) groups is 5. The van der Waals surface area contributed by atoms with E-state index in [1.165, 1.54) is 19.6 Å². The summed E-state index contributed by atoms with van der Waals surface area (Å²) in [5.41, 5.74) is 1.30. The summed E-state index contributed by atoms with van der Waals surface area (Å²) in [7, 11) is 4.57. The van der Waals surface area contributed by atoms with E-state index in [9.17, 15) is 34.2 Å². The molecule has 3 aliphatic carbocycles. The lowest BCUT2D eigenvalue weighted by Crippen LogP contribution is -2.67. The summed E-state index contributed by atoms with van der Waals surface area (Å²) in [6.07, 6.45) is 10.6. The number of hydrogen-bond acceptors (Lipinski definition) is 8. The molecule has 0 aliphatic heterocycles. The molecule has 0 aromatic rings. The summed E-state index contributed by atoms with van der Waals surface area (Å²) in [6.45, 7) is 20.9. The van der Waals surface area contributed by atoms with E-state index in [2.05, 4.69) is 25.2 Å². The number of ether oxygens (including phenoxy) is 3. The normalized spacial score (nSPS) is 28.2. The number of carbonyl (C=O) groups excluding carboxylic acids is 3. The van der Waals surface area contributed by atoms with Gasteiger partial charge < -0.3 is 24.4 Å². The second kappa shape index (κ2) is 19.2. The quantitative estimate of drug-likeness (QED) is 0.178. The van der Waals surface area contributed by atoms with Crippen LogP contribution in [0.1, 0.15) is 121 Å². The van der Waals surface area contributed by atoms with Crippen molar-refractivity contribution in [2.75, 3.05) is 27.9 Å². The minimum Gasteiger partial charge on any atom is -0.481 e. The molecule has 0 spiro atoms. The third-order valence-electron chi connectivity index (χ3n) is 12.0. The first-order valence-corrected chi connectivity index (χ1v) is 18.5. The monoisotopic (exact) mass is 730 g/mol. The Morgan fingerprint density at radius 3 is 1.83 bits per heavy atom. The molecule has 3 rings (SSSR count). The lowest BCUT2D eigenvalue weighted by atomic mass is 9.53. The van der Waals surface area contributed by atoms with Crippen molar-refractivity contribution in [1.82, 2.24) is 0 Å². The van der Waals surface area contributed by atoms with Crippen molar-refractivity contribution in [3.63, 3.8) is 0 Å². The van der Waals surface area contributed by atoms with Gasteiger partial charge in [0.2, 0.25) is 0 Å². The number of rotatable bonds is 13. The Morgan fingerprint density at radius 1 is 0.865 bits per heavy atom. The average Bonchev–Trinajstić information content (AvgIpc) is 3.09. The number of carboxylic acid groups (broad SMARTS) is 2. The van der Waals surface area contributed by atoms with Crippen LogP contribution < -0.4 is 0 Å². The van der Waals surface area contributed by atoms with Crippen LogP contribution in [0.4, 0.5) is 0 Å². The van der Waals surface area contributed by atoms with Gasteiger partial charge in [-0.05, 0) is 84.8 Å². The van der Waals surface area contributed by atoms with Crippen molar-refractivity contribution in [3.05, 3.63) is 46.1 Å². The maximum atomic E-state index is 12.8. The van der Waals surface area contributed by atoms with Crippen LogP contribution in [0.15, 0.2) is 46.1 Å². The van der Waals surface area contributed by atoms with Crippen LogP contribution in [0.2, 0.25) is 0 Å². The van der Waals surface area contributed by atoms with Crippen LogP contribution >= 0.6 is 0 Å². The van der Waals surface area contributed by atoms with Crippen molar-refractivity contribution in [2.45, 2.75) is 132 Å². The number of allylic oxidation sites excluding steroid dienone is 4. The Morgan fingerprint density at radius 2 is 1.42 bits per heavy atom. The SMILES string of the molecule is CCC(=O)C1(OC)C(C)=CCC(C)=C1C.CCCC(=O)C1(COC)C(C)=CCC=C1C.COC1(C(=O)C(C)C)C(C)C(C(=O)O)CCC1(C)C(=O)O. The van der Waals surface area contributed by atoms with Crippen molar-refractivity contribution in [3.8, 4) is 0 Å². The molecule has 10 nitrogen and oxygen atoms in total. The van der Waals surface area contributed by atoms with Gasteiger partial charge in [0.15, 0.2) is 17.2 Å². The first kappa shape index (κ1) is 46.8. The van der Waals surface area contributed by atoms with E-state index in [0.717, 1.165) is 41.6 Å². The number of ketones is 3. The van der Waals surface area contributed by atoms with Gasteiger partial charge in [0.1, 0.15) is 16.8 Å². The summed E-state index contributed by atoms with van der Waals surface area (Å²) in [5.74, 6) is -4.02. The number of hydrogen-bond donors (Lipinski definition) is 2. The molecule has 3 aliphatic rings. The standard InChI is InChI=1S/C15H24O6.C14H22O2.C13H20O2/c1-8(2)11(16)15(21-5)9(3)10(12(17)18)6-7-14(15,4)13(19)20;1-5-7-13(15)14(10-16-4)11(2)8-6-9-12(14)3;1-6-12(14)13(15-5)10(3)8-7-9(2)11(13)4/h8-10H,6-7H2,1-5H3,(H,17,18)(H,19,20);8-9H,5-7,10H2,1-4H3;8H,6-7H2,1-5H3. The highest BCUT2D eigenvalue weighted by atomic mass is 16.5. The van der Waals surface area contributed by atoms with Gasteiger partial charge in [0.25, 0.3) is 0 Å². The summed E-state index contributed by atoms with van der Waals surface area (Å²) in [6, 6.07) is 0. The second-order valence-corrected chi connectivity index (χ2v) is 15.0. The highest BCUT2D eigenvalue weighted by molar-refractivity contribution is 5.97. The lowest BCUT2D eigenvalue weighted by molar-refractivity contribution is -0.209. The van der Waals surface area contributed by atoms with Gasteiger partial charge in [-0.15, -0.1) is 0 Å². The third kappa shape index (κ3) is 8.44. The zero-order valence-electron chi connectivity index (χ0n) is 34.3. The smallest absolute Gasteiger partial charge is 0.312 e. The molecule has 0 heterocycles. The number of aliphatic carboxylic acids is 2. The van der Waals surface area contributed by atoms with E-state index in [1.807, 2.05) is 41.5 Å². The van der Waals surface area contributed by atoms with Crippen LogP contribution in [0.5, 0.6) is 0 Å². The van der Waals surface area contributed by atoms with E-state index in [4.69, 9.17) is 14.2 Å². The van der Waals surface area contributed by atoms with E-state index in [-0.39, 0.29) is 24.4 Å². The molecule has 1 saturated carbocycles. The maximum absolute atomic E-state index is 12.8. The van der Waals surface area contributed by atoms with Crippen molar-refractivity contribution in [1.29, 1.82) is 0 Å².